The summed E-state index contributed by atoms with van der Waals surface area (Å²) in [5.41, 5.74) is 2.89. The van der Waals surface area contributed by atoms with Gasteiger partial charge in [-0.25, -0.2) is 0 Å². The Morgan fingerprint density at radius 3 is 2.84 bits per heavy atom. The number of aryl methyl sites for hydroxylation is 2. The van der Waals surface area contributed by atoms with E-state index in [4.69, 9.17) is 11.6 Å². The second kappa shape index (κ2) is 4.99. The highest BCUT2D eigenvalue weighted by Crippen LogP contribution is 2.34. The summed E-state index contributed by atoms with van der Waals surface area (Å²) < 4.78 is 1.86. The van der Waals surface area contributed by atoms with E-state index in [1.807, 2.05) is 30.1 Å². The van der Waals surface area contributed by atoms with E-state index in [0.717, 1.165) is 31.0 Å². The van der Waals surface area contributed by atoms with Crippen LogP contribution in [-0.2, 0) is 18.9 Å². The first-order valence-electron chi connectivity index (χ1n) is 6.62. The Kier molecular flexibility index (Phi) is 3.33. The molecule has 19 heavy (non-hydrogen) atoms. The summed E-state index contributed by atoms with van der Waals surface area (Å²) in [6.07, 6.45) is 6.24. The monoisotopic (exact) mass is 275 g/mol. The zero-order valence-corrected chi connectivity index (χ0v) is 11.8. The first-order chi connectivity index (χ1) is 9.18. The molecule has 0 bridgehead atoms. The summed E-state index contributed by atoms with van der Waals surface area (Å²) in [5.74, 6) is 0. The zero-order chi connectivity index (χ0) is 13.3. The highest BCUT2D eigenvalue weighted by Gasteiger charge is 2.38. The Labute approximate surface area is 118 Å². The third-order valence-electron chi connectivity index (χ3n) is 4.01. The second-order valence-corrected chi connectivity index (χ2v) is 5.85. The molecule has 100 valence electrons. The van der Waals surface area contributed by atoms with Gasteiger partial charge in [0.05, 0.1) is 6.20 Å². The van der Waals surface area contributed by atoms with E-state index in [-0.39, 0.29) is 5.41 Å². The van der Waals surface area contributed by atoms with E-state index < -0.39 is 0 Å². The van der Waals surface area contributed by atoms with Crippen molar-refractivity contribution in [1.82, 2.24) is 15.1 Å². The molecule has 4 heteroatoms. The van der Waals surface area contributed by atoms with Crippen LogP contribution in [0.25, 0.3) is 0 Å². The first kappa shape index (κ1) is 12.7. The lowest BCUT2D eigenvalue weighted by atomic mass is 9.71. The number of hydrogen-bond acceptors (Lipinski definition) is 2. The molecule has 2 heterocycles. The molecule has 0 aliphatic carbocycles. The van der Waals surface area contributed by atoms with E-state index in [2.05, 4.69) is 28.7 Å². The minimum absolute atomic E-state index is 0.237. The number of hydrogen-bond donors (Lipinski definition) is 1. The molecule has 0 radical (unpaired) electrons. The minimum atomic E-state index is 0.237. The van der Waals surface area contributed by atoms with Gasteiger partial charge in [-0.05, 0) is 36.1 Å². The fourth-order valence-corrected chi connectivity index (χ4v) is 2.95. The van der Waals surface area contributed by atoms with Crippen molar-refractivity contribution in [3.8, 4) is 0 Å². The Morgan fingerprint density at radius 2 is 2.26 bits per heavy atom. The summed E-state index contributed by atoms with van der Waals surface area (Å²) in [6.45, 7) is 2.07. The van der Waals surface area contributed by atoms with Crippen molar-refractivity contribution < 1.29 is 0 Å². The molecule has 2 aromatic rings. The molecule has 1 aromatic heterocycles. The standard InChI is InChI=1S/C15H18ClN3/c1-19-9-12(8-18-19)5-6-15(10-17-11-15)13-3-2-4-14(16)7-13/h2-4,7-9,17H,5-6,10-11H2,1H3. The van der Waals surface area contributed by atoms with Crippen LogP contribution >= 0.6 is 11.6 Å². The minimum Gasteiger partial charge on any atom is -0.315 e. The fraction of sp³-hybridized carbons (Fsp3) is 0.400. The van der Waals surface area contributed by atoms with Gasteiger partial charge < -0.3 is 5.32 Å². The van der Waals surface area contributed by atoms with Crippen molar-refractivity contribution in [2.75, 3.05) is 13.1 Å². The van der Waals surface area contributed by atoms with Crippen molar-refractivity contribution in [3.05, 3.63) is 52.8 Å². The smallest absolute Gasteiger partial charge is 0.0521 e. The van der Waals surface area contributed by atoms with Gasteiger partial charge in [0.25, 0.3) is 0 Å². The molecule has 1 aliphatic rings. The Hall–Kier alpha value is -1.32. The fourth-order valence-electron chi connectivity index (χ4n) is 2.75. The van der Waals surface area contributed by atoms with Gasteiger partial charge in [0.15, 0.2) is 0 Å². The molecule has 0 atom stereocenters. The van der Waals surface area contributed by atoms with Gasteiger partial charge in [-0.15, -0.1) is 0 Å². The lowest BCUT2D eigenvalue weighted by Gasteiger charge is -2.43. The molecule has 0 spiro atoms. The number of aromatic nitrogens is 2. The highest BCUT2D eigenvalue weighted by molar-refractivity contribution is 6.30. The Balaban J connectivity index is 1.76. The quantitative estimate of drug-likeness (QED) is 0.929. The average Bonchev–Trinajstić information content (AvgIpc) is 2.74. The topological polar surface area (TPSA) is 29.9 Å². The molecule has 1 fully saturated rings. The van der Waals surface area contributed by atoms with E-state index in [1.165, 1.54) is 11.1 Å². The maximum absolute atomic E-state index is 6.12. The number of halogens is 1. The van der Waals surface area contributed by atoms with Gasteiger partial charge in [0.1, 0.15) is 0 Å². The Morgan fingerprint density at radius 1 is 1.42 bits per heavy atom. The van der Waals surface area contributed by atoms with Crippen LogP contribution in [0.5, 0.6) is 0 Å². The maximum atomic E-state index is 6.12. The van der Waals surface area contributed by atoms with Gasteiger partial charge in [-0.3, -0.25) is 4.68 Å². The van der Waals surface area contributed by atoms with Crippen LogP contribution in [0.4, 0.5) is 0 Å². The molecule has 1 aliphatic heterocycles. The predicted molar refractivity (Wildman–Crippen MR) is 77.5 cm³/mol. The zero-order valence-electron chi connectivity index (χ0n) is 11.1. The lowest BCUT2D eigenvalue weighted by Crippen LogP contribution is -2.57. The van der Waals surface area contributed by atoms with Crippen molar-refractivity contribution in [1.29, 1.82) is 0 Å². The van der Waals surface area contributed by atoms with E-state index in [0.29, 0.717) is 0 Å². The molecule has 3 rings (SSSR count). The van der Waals surface area contributed by atoms with Gasteiger partial charge in [-0.1, -0.05) is 23.7 Å². The molecule has 0 saturated carbocycles. The summed E-state index contributed by atoms with van der Waals surface area (Å²) in [5, 5.41) is 8.45. The van der Waals surface area contributed by atoms with Crippen LogP contribution in [0.3, 0.4) is 0 Å². The normalized spacial score (nSPS) is 17.2. The van der Waals surface area contributed by atoms with Crippen molar-refractivity contribution in [2.24, 2.45) is 7.05 Å². The number of nitrogens with one attached hydrogen (secondary N) is 1. The van der Waals surface area contributed by atoms with E-state index in [9.17, 15) is 0 Å². The number of benzene rings is 1. The van der Waals surface area contributed by atoms with E-state index >= 15 is 0 Å². The molecule has 1 aromatic carbocycles. The molecule has 1 N–H and O–H groups in total. The molecule has 1 saturated heterocycles. The van der Waals surface area contributed by atoms with Crippen LogP contribution in [0.1, 0.15) is 17.5 Å². The van der Waals surface area contributed by atoms with Crippen LogP contribution < -0.4 is 5.32 Å². The average molecular weight is 276 g/mol. The highest BCUT2D eigenvalue weighted by atomic mass is 35.5. The summed E-state index contributed by atoms with van der Waals surface area (Å²) in [4.78, 5) is 0. The third kappa shape index (κ3) is 2.53. The van der Waals surface area contributed by atoms with Gasteiger partial charge in [0.2, 0.25) is 0 Å². The maximum Gasteiger partial charge on any atom is 0.0521 e. The van der Waals surface area contributed by atoms with Crippen molar-refractivity contribution in [3.63, 3.8) is 0 Å². The molecular weight excluding hydrogens is 258 g/mol. The summed E-state index contributed by atoms with van der Waals surface area (Å²) >= 11 is 6.12. The van der Waals surface area contributed by atoms with Crippen molar-refractivity contribution >= 4 is 11.6 Å². The summed E-state index contributed by atoms with van der Waals surface area (Å²) in [6, 6.07) is 8.27. The molecule has 0 amide bonds. The van der Waals surface area contributed by atoms with Gasteiger partial charge >= 0.3 is 0 Å². The molecule has 0 unspecified atom stereocenters. The summed E-state index contributed by atoms with van der Waals surface area (Å²) in [7, 11) is 1.96. The largest absolute Gasteiger partial charge is 0.315 e. The van der Waals surface area contributed by atoms with E-state index in [1.54, 1.807) is 0 Å². The SMILES string of the molecule is Cn1cc(CCC2(c3cccc(Cl)c3)CNC2)cn1. The second-order valence-electron chi connectivity index (χ2n) is 5.42. The van der Waals surface area contributed by atoms with Crippen LogP contribution in [-0.4, -0.2) is 22.9 Å². The number of rotatable bonds is 4. The third-order valence-corrected chi connectivity index (χ3v) is 4.25. The molecular formula is C15H18ClN3. The van der Waals surface area contributed by atoms with Crippen molar-refractivity contribution in [2.45, 2.75) is 18.3 Å². The van der Waals surface area contributed by atoms with Crippen LogP contribution in [0.2, 0.25) is 5.02 Å². The number of nitrogens with zero attached hydrogens (tertiary/aromatic N) is 2. The van der Waals surface area contributed by atoms with Crippen LogP contribution in [0.15, 0.2) is 36.7 Å². The Bertz CT molecular complexity index is 572. The van der Waals surface area contributed by atoms with Gasteiger partial charge in [0, 0.05) is 36.8 Å². The lowest BCUT2D eigenvalue weighted by molar-refractivity contribution is 0.258. The first-order valence-corrected chi connectivity index (χ1v) is 7.00. The van der Waals surface area contributed by atoms with Gasteiger partial charge in [-0.2, -0.15) is 5.10 Å². The molecule has 3 nitrogen and oxygen atoms in total. The predicted octanol–water partition coefficient (Wildman–Crippen LogP) is 2.55. The van der Waals surface area contributed by atoms with Crippen LogP contribution in [0, 0.1) is 0 Å².